The zero-order chi connectivity index (χ0) is 20.4. The highest BCUT2D eigenvalue weighted by atomic mass is 16.5. The third-order valence-electron chi connectivity index (χ3n) is 6.68. The molecule has 2 aliphatic carbocycles. The molecule has 5 nitrogen and oxygen atoms in total. The van der Waals surface area contributed by atoms with Crippen molar-refractivity contribution in [3.63, 3.8) is 0 Å². The molecule has 0 saturated heterocycles. The number of hydrogen-bond donors (Lipinski definition) is 2. The summed E-state index contributed by atoms with van der Waals surface area (Å²) in [5, 5.41) is 12.3. The number of carboxylic acids is 1. The SMILES string of the molecule is CCC(CC(=O)O)(NC(=O)OCC1c2ccccc2-c2ccccc21)C1CCC1. The summed E-state index contributed by atoms with van der Waals surface area (Å²) in [5.74, 6) is -0.700. The topological polar surface area (TPSA) is 75.6 Å². The predicted octanol–water partition coefficient (Wildman–Crippen LogP) is 4.95. The highest BCUT2D eigenvalue weighted by molar-refractivity contribution is 5.79. The molecule has 0 aliphatic heterocycles. The minimum absolute atomic E-state index is 0.00708. The molecule has 2 aromatic rings. The zero-order valence-electron chi connectivity index (χ0n) is 16.7. The van der Waals surface area contributed by atoms with Crippen LogP contribution in [0.25, 0.3) is 11.1 Å². The Hall–Kier alpha value is -2.82. The van der Waals surface area contributed by atoms with Gasteiger partial charge in [-0.05, 0) is 47.4 Å². The molecule has 2 N–H and O–H groups in total. The second kappa shape index (κ2) is 7.90. The van der Waals surface area contributed by atoms with E-state index in [1.807, 2.05) is 31.2 Å². The van der Waals surface area contributed by atoms with Crippen LogP contribution in [-0.4, -0.2) is 29.3 Å². The fourth-order valence-electron chi connectivity index (χ4n) is 4.86. The van der Waals surface area contributed by atoms with Gasteiger partial charge in [-0.3, -0.25) is 4.79 Å². The maximum absolute atomic E-state index is 12.7. The van der Waals surface area contributed by atoms with Gasteiger partial charge in [-0.2, -0.15) is 0 Å². The molecule has 0 spiro atoms. The fourth-order valence-corrected chi connectivity index (χ4v) is 4.86. The lowest BCUT2D eigenvalue weighted by Gasteiger charge is -2.44. The molecule has 1 fully saturated rings. The number of ether oxygens (including phenoxy) is 1. The molecule has 1 unspecified atom stereocenters. The molecule has 2 aliphatic rings. The maximum Gasteiger partial charge on any atom is 0.407 e. The third kappa shape index (κ3) is 3.61. The summed E-state index contributed by atoms with van der Waals surface area (Å²) in [6.45, 7) is 2.17. The summed E-state index contributed by atoms with van der Waals surface area (Å²) in [5.41, 5.74) is 3.95. The largest absolute Gasteiger partial charge is 0.481 e. The molecule has 0 radical (unpaired) electrons. The van der Waals surface area contributed by atoms with Gasteiger partial charge in [0.1, 0.15) is 6.61 Å². The lowest BCUT2D eigenvalue weighted by atomic mass is 9.68. The molecule has 1 saturated carbocycles. The van der Waals surface area contributed by atoms with Crippen LogP contribution in [0.5, 0.6) is 0 Å². The second-order valence-corrected chi connectivity index (χ2v) is 8.16. The Balaban J connectivity index is 1.49. The van der Waals surface area contributed by atoms with Crippen LogP contribution in [-0.2, 0) is 9.53 Å². The normalized spacial score (nSPS) is 17.6. The minimum Gasteiger partial charge on any atom is -0.481 e. The van der Waals surface area contributed by atoms with E-state index < -0.39 is 17.6 Å². The number of fused-ring (bicyclic) bond motifs is 3. The van der Waals surface area contributed by atoms with Gasteiger partial charge in [-0.15, -0.1) is 0 Å². The van der Waals surface area contributed by atoms with E-state index in [2.05, 4.69) is 29.6 Å². The molecule has 1 amide bonds. The van der Waals surface area contributed by atoms with Crippen LogP contribution in [0.1, 0.15) is 56.1 Å². The van der Waals surface area contributed by atoms with E-state index in [4.69, 9.17) is 4.74 Å². The first-order valence-electron chi connectivity index (χ1n) is 10.4. The first-order valence-corrected chi connectivity index (χ1v) is 10.4. The minimum atomic E-state index is -0.891. The first-order chi connectivity index (χ1) is 14.0. The summed E-state index contributed by atoms with van der Waals surface area (Å²) in [4.78, 5) is 24.1. The second-order valence-electron chi connectivity index (χ2n) is 8.16. The van der Waals surface area contributed by atoms with Crippen LogP contribution in [0.3, 0.4) is 0 Å². The lowest BCUT2D eigenvalue weighted by Crippen LogP contribution is -2.56. The van der Waals surface area contributed by atoms with Crippen molar-refractivity contribution >= 4 is 12.1 Å². The van der Waals surface area contributed by atoms with E-state index >= 15 is 0 Å². The zero-order valence-corrected chi connectivity index (χ0v) is 16.7. The van der Waals surface area contributed by atoms with Gasteiger partial charge < -0.3 is 15.2 Å². The molecular weight excluding hydrogens is 366 g/mol. The number of aliphatic carboxylic acids is 1. The van der Waals surface area contributed by atoms with Crippen molar-refractivity contribution in [3.8, 4) is 11.1 Å². The van der Waals surface area contributed by atoms with Crippen LogP contribution >= 0.6 is 0 Å². The standard InChI is InChI=1S/C24H27NO4/c1-2-24(14-22(26)27,16-8-7-9-16)25-23(28)29-15-21-19-12-5-3-10-17(19)18-11-4-6-13-20(18)21/h3-6,10-13,16,21H,2,7-9,14-15H2,1H3,(H,25,28)(H,26,27). The Morgan fingerprint density at radius 1 is 1.07 bits per heavy atom. The molecule has 0 bridgehead atoms. The van der Waals surface area contributed by atoms with E-state index in [1.54, 1.807) is 0 Å². The number of amides is 1. The molecule has 2 aromatic carbocycles. The van der Waals surface area contributed by atoms with E-state index in [9.17, 15) is 14.7 Å². The summed E-state index contributed by atoms with van der Waals surface area (Å²) < 4.78 is 5.65. The summed E-state index contributed by atoms with van der Waals surface area (Å²) in [6, 6.07) is 16.4. The summed E-state index contributed by atoms with van der Waals surface area (Å²) >= 11 is 0. The summed E-state index contributed by atoms with van der Waals surface area (Å²) in [6.07, 6.45) is 2.96. The number of carboxylic acid groups (broad SMARTS) is 1. The molecule has 0 aromatic heterocycles. The van der Waals surface area contributed by atoms with Crippen LogP contribution < -0.4 is 5.32 Å². The predicted molar refractivity (Wildman–Crippen MR) is 111 cm³/mol. The van der Waals surface area contributed by atoms with Crippen molar-refractivity contribution in [3.05, 3.63) is 59.7 Å². The Labute approximate surface area is 171 Å². The molecule has 29 heavy (non-hydrogen) atoms. The molecule has 5 heteroatoms. The average molecular weight is 393 g/mol. The number of carbonyl (C=O) groups excluding carboxylic acids is 1. The van der Waals surface area contributed by atoms with E-state index in [0.717, 1.165) is 30.4 Å². The highest BCUT2D eigenvalue weighted by Crippen LogP contribution is 2.45. The van der Waals surface area contributed by atoms with Crippen molar-refractivity contribution in [1.82, 2.24) is 5.32 Å². The van der Waals surface area contributed by atoms with Crippen molar-refractivity contribution in [2.45, 2.75) is 50.5 Å². The Bertz CT molecular complexity index is 875. The van der Waals surface area contributed by atoms with Gasteiger partial charge in [0.15, 0.2) is 0 Å². The van der Waals surface area contributed by atoms with Gasteiger partial charge in [-0.25, -0.2) is 4.79 Å². The quantitative estimate of drug-likeness (QED) is 0.698. The smallest absolute Gasteiger partial charge is 0.407 e. The number of nitrogens with one attached hydrogen (secondary N) is 1. The van der Waals surface area contributed by atoms with Gasteiger partial charge in [0.05, 0.1) is 12.0 Å². The van der Waals surface area contributed by atoms with Crippen LogP contribution in [0, 0.1) is 5.92 Å². The number of rotatable bonds is 7. The van der Waals surface area contributed by atoms with Crippen molar-refractivity contribution in [2.75, 3.05) is 6.61 Å². The van der Waals surface area contributed by atoms with Gasteiger partial charge in [0, 0.05) is 5.92 Å². The van der Waals surface area contributed by atoms with Crippen molar-refractivity contribution < 1.29 is 19.4 Å². The monoisotopic (exact) mass is 393 g/mol. The molecular formula is C24H27NO4. The van der Waals surface area contributed by atoms with Gasteiger partial charge in [-0.1, -0.05) is 61.9 Å². The highest BCUT2D eigenvalue weighted by Gasteiger charge is 2.44. The molecule has 0 heterocycles. The first kappa shape index (κ1) is 19.5. The van der Waals surface area contributed by atoms with Crippen LogP contribution in [0.15, 0.2) is 48.5 Å². The van der Waals surface area contributed by atoms with Crippen molar-refractivity contribution in [2.24, 2.45) is 5.92 Å². The number of hydrogen-bond acceptors (Lipinski definition) is 3. The van der Waals surface area contributed by atoms with E-state index in [0.29, 0.717) is 6.42 Å². The number of carbonyl (C=O) groups is 2. The van der Waals surface area contributed by atoms with Crippen molar-refractivity contribution in [1.29, 1.82) is 0 Å². The lowest BCUT2D eigenvalue weighted by molar-refractivity contribution is -0.139. The number of benzene rings is 2. The molecule has 152 valence electrons. The Morgan fingerprint density at radius 2 is 1.66 bits per heavy atom. The van der Waals surface area contributed by atoms with Gasteiger partial charge in [0.2, 0.25) is 0 Å². The Kier molecular flexibility index (Phi) is 5.31. The number of alkyl carbamates (subject to hydrolysis) is 1. The van der Waals surface area contributed by atoms with Gasteiger partial charge in [0.25, 0.3) is 0 Å². The van der Waals surface area contributed by atoms with Gasteiger partial charge >= 0.3 is 12.1 Å². The summed E-state index contributed by atoms with van der Waals surface area (Å²) in [7, 11) is 0. The van der Waals surface area contributed by atoms with E-state index in [-0.39, 0.29) is 24.9 Å². The molecule has 1 atom stereocenters. The van der Waals surface area contributed by atoms with E-state index in [1.165, 1.54) is 11.1 Å². The molecule has 4 rings (SSSR count). The third-order valence-corrected chi connectivity index (χ3v) is 6.68. The van der Waals surface area contributed by atoms with Crippen LogP contribution in [0.4, 0.5) is 4.79 Å². The average Bonchev–Trinajstić information content (AvgIpc) is 2.98. The maximum atomic E-state index is 12.7. The Morgan fingerprint density at radius 3 is 2.14 bits per heavy atom. The fraction of sp³-hybridized carbons (Fsp3) is 0.417. The van der Waals surface area contributed by atoms with Crippen LogP contribution in [0.2, 0.25) is 0 Å².